The van der Waals surface area contributed by atoms with Crippen LogP contribution in [0, 0.1) is 0 Å². The maximum atomic E-state index is 12.0. The molecule has 1 unspecified atom stereocenters. The highest BCUT2D eigenvalue weighted by Crippen LogP contribution is 2.28. The second-order valence-electron chi connectivity index (χ2n) is 5.39. The molecule has 5 heteroatoms. The highest BCUT2D eigenvalue weighted by atomic mass is 16.5. The van der Waals surface area contributed by atoms with E-state index in [4.69, 9.17) is 4.74 Å². The Balaban J connectivity index is 1.99. The molecule has 2 aromatic rings. The molecule has 5 nitrogen and oxygen atoms in total. The number of amides is 1. The van der Waals surface area contributed by atoms with Crippen molar-refractivity contribution in [1.82, 2.24) is 5.32 Å². The Hall–Kier alpha value is -2.56. The average molecular weight is 299 g/mol. The molecule has 1 heterocycles. The van der Waals surface area contributed by atoms with Crippen LogP contribution in [0.25, 0.3) is 10.8 Å². The summed E-state index contributed by atoms with van der Waals surface area (Å²) in [5.41, 5.74) is 0.0794. The van der Waals surface area contributed by atoms with E-state index in [1.807, 2.05) is 24.3 Å². The molecule has 3 rings (SSSR count). The van der Waals surface area contributed by atoms with Gasteiger partial charge in [0.1, 0.15) is 11.3 Å². The van der Waals surface area contributed by atoms with Crippen molar-refractivity contribution < 1.29 is 19.4 Å². The van der Waals surface area contributed by atoms with E-state index < -0.39 is 12.1 Å². The van der Waals surface area contributed by atoms with Gasteiger partial charge in [0.25, 0.3) is 5.91 Å². The Bertz CT molecular complexity index is 726. The molecule has 2 aromatic carbocycles. The molecule has 0 saturated carbocycles. The van der Waals surface area contributed by atoms with E-state index in [2.05, 4.69) is 5.32 Å². The van der Waals surface area contributed by atoms with Crippen molar-refractivity contribution in [3.05, 3.63) is 42.0 Å². The zero-order chi connectivity index (χ0) is 15.5. The molecule has 1 fully saturated rings. The van der Waals surface area contributed by atoms with Crippen LogP contribution in [0.4, 0.5) is 0 Å². The molecule has 22 heavy (non-hydrogen) atoms. The van der Waals surface area contributed by atoms with Crippen LogP contribution in [0.1, 0.15) is 29.6 Å². The van der Waals surface area contributed by atoms with E-state index >= 15 is 0 Å². The van der Waals surface area contributed by atoms with E-state index in [1.165, 1.54) is 0 Å². The minimum absolute atomic E-state index is 0.0794. The van der Waals surface area contributed by atoms with Gasteiger partial charge in [-0.1, -0.05) is 24.3 Å². The number of hydrogen-bond donors (Lipinski definition) is 2. The second kappa shape index (κ2) is 6.05. The standard InChI is InChI=1S/C17H17NO4/c19-16-14(7-3-4-8-18-16)22-15-10-12-6-2-1-5-11(12)9-13(15)17(20)21/h1-2,5-6,9-10,14H,3-4,7-8H2,(H,18,19)(H,20,21). The highest BCUT2D eigenvalue weighted by Gasteiger charge is 2.24. The molecule has 0 spiro atoms. The summed E-state index contributed by atoms with van der Waals surface area (Å²) in [6, 6.07) is 10.8. The first-order chi connectivity index (χ1) is 10.6. The fraction of sp³-hybridized carbons (Fsp3) is 0.294. The number of carboxylic acids is 1. The summed E-state index contributed by atoms with van der Waals surface area (Å²) in [6.07, 6.45) is 1.74. The number of ether oxygens (including phenoxy) is 1. The van der Waals surface area contributed by atoms with Crippen LogP contribution in [-0.2, 0) is 4.79 Å². The average Bonchev–Trinajstić information content (AvgIpc) is 2.71. The van der Waals surface area contributed by atoms with Gasteiger partial charge >= 0.3 is 5.97 Å². The SMILES string of the molecule is O=C(O)c1cc2ccccc2cc1OC1CCCCNC1=O. The van der Waals surface area contributed by atoms with Gasteiger partial charge in [0.2, 0.25) is 0 Å². The lowest BCUT2D eigenvalue weighted by atomic mass is 10.1. The summed E-state index contributed by atoms with van der Waals surface area (Å²) in [5, 5.41) is 13.9. The summed E-state index contributed by atoms with van der Waals surface area (Å²) in [5.74, 6) is -0.995. The molecule has 1 aliphatic heterocycles. The minimum Gasteiger partial charge on any atom is -0.480 e. The Kier molecular flexibility index (Phi) is 3.96. The molecule has 114 valence electrons. The number of benzene rings is 2. The van der Waals surface area contributed by atoms with Gasteiger partial charge in [-0.2, -0.15) is 0 Å². The highest BCUT2D eigenvalue weighted by molar-refractivity contribution is 5.98. The third kappa shape index (κ3) is 2.88. The maximum absolute atomic E-state index is 12.0. The van der Waals surface area contributed by atoms with Crippen LogP contribution < -0.4 is 10.1 Å². The third-order valence-corrected chi connectivity index (χ3v) is 3.83. The molecule has 1 amide bonds. The summed E-state index contributed by atoms with van der Waals surface area (Å²) < 4.78 is 5.76. The molecule has 0 aromatic heterocycles. The molecular weight excluding hydrogens is 282 g/mol. The lowest BCUT2D eigenvalue weighted by Gasteiger charge is -2.18. The van der Waals surface area contributed by atoms with Crippen molar-refractivity contribution in [3.8, 4) is 5.75 Å². The van der Waals surface area contributed by atoms with Crippen LogP contribution in [0.2, 0.25) is 0 Å². The topological polar surface area (TPSA) is 75.6 Å². The summed E-state index contributed by atoms with van der Waals surface area (Å²) in [7, 11) is 0. The molecule has 0 bridgehead atoms. The molecule has 0 aliphatic carbocycles. The lowest BCUT2D eigenvalue weighted by Crippen LogP contribution is -2.36. The minimum atomic E-state index is -1.06. The predicted octanol–water partition coefficient (Wildman–Crippen LogP) is 2.59. The van der Waals surface area contributed by atoms with Gasteiger partial charge in [-0.05, 0) is 42.2 Å². The number of carbonyl (C=O) groups excluding carboxylic acids is 1. The van der Waals surface area contributed by atoms with Crippen molar-refractivity contribution >= 4 is 22.6 Å². The third-order valence-electron chi connectivity index (χ3n) is 3.83. The second-order valence-corrected chi connectivity index (χ2v) is 5.39. The molecule has 1 saturated heterocycles. The van der Waals surface area contributed by atoms with E-state index in [-0.39, 0.29) is 17.2 Å². The van der Waals surface area contributed by atoms with Gasteiger partial charge in [-0.3, -0.25) is 4.79 Å². The van der Waals surface area contributed by atoms with Gasteiger partial charge in [-0.25, -0.2) is 4.79 Å². The van der Waals surface area contributed by atoms with Crippen LogP contribution in [0.3, 0.4) is 0 Å². The first-order valence-corrected chi connectivity index (χ1v) is 7.35. The van der Waals surface area contributed by atoms with Gasteiger partial charge in [0.15, 0.2) is 6.10 Å². The zero-order valence-corrected chi connectivity index (χ0v) is 12.0. The molecule has 0 radical (unpaired) electrons. The molecule has 1 aliphatic rings. The largest absolute Gasteiger partial charge is 0.480 e. The first kappa shape index (κ1) is 14.4. The van der Waals surface area contributed by atoms with Crippen molar-refractivity contribution in [2.75, 3.05) is 6.54 Å². The quantitative estimate of drug-likeness (QED) is 0.913. The number of rotatable bonds is 3. The molecule has 2 N–H and O–H groups in total. The summed E-state index contributed by atoms with van der Waals surface area (Å²) in [4.78, 5) is 23.5. The fourth-order valence-corrected chi connectivity index (χ4v) is 2.66. The maximum Gasteiger partial charge on any atom is 0.339 e. The van der Waals surface area contributed by atoms with Crippen LogP contribution in [0.15, 0.2) is 36.4 Å². The zero-order valence-electron chi connectivity index (χ0n) is 12.0. The van der Waals surface area contributed by atoms with E-state index in [0.717, 1.165) is 23.6 Å². The van der Waals surface area contributed by atoms with Crippen LogP contribution in [-0.4, -0.2) is 29.6 Å². The van der Waals surface area contributed by atoms with Gasteiger partial charge in [-0.15, -0.1) is 0 Å². The normalized spacial score (nSPS) is 18.5. The predicted molar refractivity (Wildman–Crippen MR) is 82.2 cm³/mol. The summed E-state index contributed by atoms with van der Waals surface area (Å²) in [6.45, 7) is 0.641. The number of aromatic carboxylic acids is 1. The number of hydrogen-bond acceptors (Lipinski definition) is 3. The Labute approximate surface area is 127 Å². The number of nitrogens with one attached hydrogen (secondary N) is 1. The molecule has 1 atom stereocenters. The van der Waals surface area contributed by atoms with E-state index in [1.54, 1.807) is 12.1 Å². The number of fused-ring (bicyclic) bond motifs is 1. The smallest absolute Gasteiger partial charge is 0.339 e. The first-order valence-electron chi connectivity index (χ1n) is 7.35. The van der Waals surface area contributed by atoms with Gasteiger partial charge < -0.3 is 15.2 Å². The Morgan fingerprint density at radius 2 is 1.91 bits per heavy atom. The van der Waals surface area contributed by atoms with Crippen molar-refractivity contribution in [3.63, 3.8) is 0 Å². The van der Waals surface area contributed by atoms with Crippen molar-refractivity contribution in [2.24, 2.45) is 0 Å². The summed E-state index contributed by atoms with van der Waals surface area (Å²) >= 11 is 0. The van der Waals surface area contributed by atoms with Crippen LogP contribution in [0.5, 0.6) is 5.75 Å². The van der Waals surface area contributed by atoms with E-state index in [0.29, 0.717) is 13.0 Å². The number of carbonyl (C=O) groups is 2. The van der Waals surface area contributed by atoms with E-state index in [9.17, 15) is 14.7 Å². The van der Waals surface area contributed by atoms with Crippen LogP contribution >= 0.6 is 0 Å². The lowest BCUT2D eigenvalue weighted by molar-refractivity contribution is -0.127. The molecular formula is C17H17NO4. The monoisotopic (exact) mass is 299 g/mol. The van der Waals surface area contributed by atoms with Crippen molar-refractivity contribution in [2.45, 2.75) is 25.4 Å². The van der Waals surface area contributed by atoms with Gasteiger partial charge in [0.05, 0.1) is 0 Å². The Morgan fingerprint density at radius 1 is 1.18 bits per heavy atom. The number of carboxylic acid groups (broad SMARTS) is 1. The fourth-order valence-electron chi connectivity index (χ4n) is 2.66. The van der Waals surface area contributed by atoms with Gasteiger partial charge in [0, 0.05) is 6.54 Å². The van der Waals surface area contributed by atoms with Crippen molar-refractivity contribution in [1.29, 1.82) is 0 Å². The Morgan fingerprint density at radius 3 is 2.64 bits per heavy atom.